The van der Waals surface area contributed by atoms with Crippen LogP contribution in [0, 0.1) is 13.8 Å². The summed E-state index contributed by atoms with van der Waals surface area (Å²) in [4.78, 5) is 15.9. The van der Waals surface area contributed by atoms with Crippen molar-refractivity contribution < 1.29 is 4.79 Å². The Bertz CT molecular complexity index is 915. The number of hydrazone groups is 1. The van der Waals surface area contributed by atoms with Crippen LogP contribution in [0.4, 0.5) is 0 Å². The Kier molecular flexibility index (Phi) is 4.95. The van der Waals surface area contributed by atoms with E-state index in [-0.39, 0.29) is 5.91 Å². The third kappa shape index (κ3) is 3.78. The summed E-state index contributed by atoms with van der Waals surface area (Å²) in [6, 6.07) is 13.1. The number of amides is 1. The summed E-state index contributed by atoms with van der Waals surface area (Å²) in [6.45, 7) is 4.03. The predicted octanol–water partition coefficient (Wildman–Crippen LogP) is 3.91. The van der Waals surface area contributed by atoms with Crippen LogP contribution in [0.2, 0.25) is 5.02 Å². The zero-order valence-corrected chi connectivity index (χ0v) is 14.7. The van der Waals surface area contributed by atoms with Crippen molar-refractivity contribution in [2.45, 2.75) is 13.8 Å². The molecular formula is C19H17ClN4O. The van der Waals surface area contributed by atoms with E-state index in [2.05, 4.69) is 20.1 Å². The van der Waals surface area contributed by atoms with E-state index in [0.717, 1.165) is 22.6 Å². The summed E-state index contributed by atoms with van der Waals surface area (Å²) in [7, 11) is 0. The van der Waals surface area contributed by atoms with Crippen molar-refractivity contribution in [1.29, 1.82) is 0 Å². The summed E-state index contributed by atoms with van der Waals surface area (Å²) in [6.07, 6.45) is 4.76. The summed E-state index contributed by atoms with van der Waals surface area (Å²) in [5.74, 6) is -0.296. The van der Waals surface area contributed by atoms with Crippen LogP contribution in [0.5, 0.6) is 0 Å². The first-order valence-corrected chi connectivity index (χ1v) is 8.12. The van der Waals surface area contributed by atoms with Gasteiger partial charge in [-0.1, -0.05) is 11.6 Å². The van der Waals surface area contributed by atoms with Crippen LogP contribution in [0.1, 0.15) is 27.3 Å². The molecule has 1 N–H and O–H groups in total. The van der Waals surface area contributed by atoms with Gasteiger partial charge in [-0.25, -0.2) is 5.43 Å². The minimum Gasteiger partial charge on any atom is -0.318 e. The summed E-state index contributed by atoms with van der Waals surface area (Å²) >= 11 is 5.96. The van der Waals surface area contributed by atoms with E-state index in [1.807, 2.05) is 44.2 Å². The number of rotatable bonds is 4. The van der Waals surface area contributed by atoms with E-state index in [4.69, 9.17) is 11.6 Å². The highest BCUT2D eigenvalue weighted by molar-refractivity contribution is 6.30. The number of hydrogen-bond acceptors (Lipinski definition) is 3. The van der Waals surface area contributed by atoms with E-state index in [9.17, 15) is 4.79 Å². The van der Waals surface area contributed by atoms with Crippen molar-refractivity contribution in [1.82, 2.24) is 15.0 Å². The van der Waals surface area contributed by atoms with Crippen molar-refractivity contribution >= 4 is 23.7 Å². The molecule has 1 amide bonds. The largest absolute Gasteiger partial charge is 0.318 e. The molecule has 0 unspecified atom stereocenters. The average molecular weight is 353 g/mol. The van der Waals surface area contributed by atoms with Crippen LogP contribution in [0.15, 0.2) is 60.0 Å². The van der Waals surface area contributed by atoms with Crippen molar-refractivity contribution in [3.8, 4) is 5.69 Å². The first-order chi connectivity index (χ1) is 12.1. The number of benzene rings is 1. The van der Waals surface area contributed by atoms with Gasteiger partial charge in [-0.3, -0.25) is 9.78 Å². The molecule has 0 fully saturated rings. The Morgan fingerprint density at radius 2 is 2.00 bits per heavy atom. The van der Waals surface area contributed by atoms with Crippen LogP contribution in [0.3, 0.4) is 0 Å². The Morgan fingerprint density at radius 1 is 1.24 bits per heavy atom. The molecule has 126 valence electrons. The number of nitrogens with one attached hydrogen (secondary N) is 1. The van der Waals surface area contributed by atoms with Gasteiger partial charge in [-0.05, 0) is 56.3 Å². The lowest BCUT2D eigenvalue weighted by Crippen LogP contribution is -2.17. The molecule has 2 aromatic heterocycles. The summed E-state index contributed by atoms with van der Waals surface area (Å²) in [5.41, 5.74) is 7.03. The fourth-order valence-corrected chi connectivity index (χ4v) is 2.75. The van der Waals surface area contributed by atoms with Gasteiger partial charge in [-0.15, -0.1) is 0 Å². The van der Waals surface area contributed by atoms with Crippen molar-refractivity contribution in [2.24, 2.45) is 5.10 Å². The standard InChI is InChI=1S/C19H17ClN4O/c1-13-10-16(12-22-23-19(25)15-4-3-9-21-11-15)14(2)24(13)18-7-5-17(20)6-8-18/h3-12H,1-2H3,(H,23,25). The third-order valence-corrected chi connectivity index (χ3v) is 4.10. The molecule has 3 rings (SSSR count). The third-order valence-electron chi connectivity index (χ3n) is 3.85. The SMILES string of the molecule is Cc1cc(C=NNC(=O)c2cccnc2)c(C)n1-c1ccc(Cl)cc1. The lowest BCUT2D eigenvalue weighted by molar-refractivity contribution is 0.0955. The normalized spacial score (nSPS) is 11.0. The number of pyridine rings is 1. The van der Waals surface area contributed by atoms with Gasteiger partial charge in [0, 0.05) is 40.1 Å². The Balaban J connectivity index is 1.79. The molecule has 0 bridgehead atoms. The number of hydrogen-bond donors (Lipinski definition) is 1. The molecule has 0 saturated heterocycles. The molecule has 0 spiro atoms. The number of aryl methyl sites for hydroxylation is 1. The van der Waals surface area contributed by atoms with E-state index in [0.29, 0.717) is 10.6 Å². The van der Waals surface area contributed by atoms with Crippen LogP contribution in [0.25, 0.3) is 5.69 Å². The van der Waals surface area contributed by atoms with Crippen LogP contribution >= 0.6 is 11.6 Å². The smallest absolute Gasteiger partial charge is 0.272 e. The monoisotopic (exact) mass is 352 g/mol. The maximum Gasteiger partial charge on any atom is 0.272 e. The molecule has 0 saturated carbocycles. The lowest BCUT2D eigenvalue weighted by atomic mass is 10.2. The van der Waals surface area contributed by atoms with E-state index in [1.165, 1.54) is 6.20 Å². The minimum atomic E-state index is -0.296. The highest BCUT2D eigenvalue weighted by Crippen LogP contribution is 2.21. The number of carbonyl (C=O) groups excluding carboxylic acids is 1. The highest BCUT2D eigenvalue weighted by atomic mass is 35.5. The first-order valence-electron chi connectivity index (χ1n) is 7.74. The van der Waals surface area contributed by atoms with Crippen LogP contribution < -0.4 is 5.43 Å². The fraction of sp³-hybridized carbons (Fsp3) is 0.105. The van der Waals surface area contributed by atoms with Gasteiger partial charge in [0.05, 0.1) is 11.8 Å². The van der Waals surface area contributed by atoms with Gasteiger partial charge < -0.3 is 4.57 Å². The Morgan fingerprint density at radius 3 is 2.68 bits per heavy atom. The summed E-state index contributed by atoms with van der Waals surface area (Å²) in [5, 5.41) is 4.75. The molecule has 0 aliphatic heterocycles. The number of aromatic nitrogens is 2. The lowest BCUT2D eigenvalue weighted by Gasteiger charge is -2.09. The molecule has 25 heavy (non-hydrogen) atoms. The molecule has 0 aliphatic rings. The Hall–Kier alpha value is -2.92. The van der Waals surface area contributed by atoms with Crippen molar-refractivity contribution in [3.05, 3.63) is 82.4 Å². The highest BCUT2D eigenvalue weighted by Gasteiger charge is 2.09. The van der Waals surface area contributed by atoms with Gasteiger partial charge >= 0.3 is 0 Å². The van der Waals surface area contributed by atoms with Gasteiger partial charge in [0.2, 0.25) is 0 Å². The maximum absolute atomic E-state index is 12.0. The molecule has 0 radical (unpaired) electrons. The summed E-state index contributed by atoms with van der Waals surface area (Å²) < 4.78 is 2.11. The minimum absolute atomic E-state index is 0.296. The van der Waals surface area contributed by atoms with Gasteiger partial charge in [0.25, 0.3) is 5.91 Å². The van der Waals surface area contributed by atoms with Gasteiger partial charge in [0.1, 0.15) is 0 Å². The number of carbonyl (C=O) groups is 1. The van der Waals surface area contributed by atoms with Crippen LogP contribution in [-0.2, 0) is 0 Å². The second-order valence-electron chi connectivity index (χ2n) is 5.58. The first kappa shape index (κ1) is 16.9. The fourth-order valence-electron chi connectivity index (χ4n) is 2.63. The average Bonchev–Trinajstić information content (AvgIpc) is 2.90. The van der Waals surface area contributed by atoms with E-state index < -0.39 is 0 Å². The molecular weight excluding hydrogens is 336 g/mol. The molecule has 0 aliphatic carbocycles. The molecule has 5 nitrogen and oxygen atoms in total. The second kappa shape index (κ2) is 7.32. The zero-order chi connectivity index (χ0) is 17.8. The van der Waals surface area contributed by atoms with Crippen LogP contribution in [-0.4, -0.2) is 21.7 Å². The van der Waals surface area contributed by atoms with Crippen molar-refractivity contribution in [2.75, 3.05) is 0 Å². The topological polar surface area (TPSA) is 59.3 Å². The molecule has 0 atom stereocenters. The number of halogens is 1. The van der Waals surface area contributed by atoms with E-state index in [1.54, 1.807) is 24.5 Å². The Labute approximate surface area is 151 Å². The van der Waals surface area contributed by atoms with Gasteiger partial charge in [-0.2, -0.15) is 5.10 Å². The zero-order valence-electron chi connectivity index (χ0n) is 13.9. The quantitative estimate of drug-likeness (QED) is 0.571. The van der Waals surface area contributed by atoms with E-state index >= 15 is 0 Å². The van der Waals surface area contributed by atoms with Crippen molar-refractivity contribution in [3.63, 3.8) is 0 Å². The maximum atomic E-state index is 12.0. The second-order valence-corrected chi connectivity index (χ2v) is 6.02. The molecule has 6 heteroatoms. The predicted molar refractivity (Wildman–Crippen MR) is 99.6 cm³/mol. The molecule has 2 heterocycles. The molecule has 1 aromatic carbocycles. The van der Waals surface area contributed by atoms with Gasteiger partial charge in [0.15, 0.2) is 0 Å². The molecule has 3 aromatic rings. The number of nitrogens with zero attached hydrogens (tertiary/aromatic N) is 3.